The van der Waals surface area contributed by atoms with Crippen molar-refractivity contribution in [1.82, 2.24) is 4.90 Å². The molecule has 0 N–H and O–H groups in total. The smallest absolute Gasteiger partial charge is 0.337 e. The Morgan fingerprint density at radius 2 is 1.88 bits per heavy atom. The number of carbonyl (C=O) groups excluding carboxylic acids is 2. The number of amides is 1. The van der Waals surface area contributed by atoms with Crippen LogP contribution in [0.5, 0.6) is 0 Å². The number of hydrogen-bond donors (Lipinski definition) is 0. The predicted octanol–water partition coefficient (Wildman–Crippen LogP) is 1.25. The van der Waals surface area contributed by atoms with Crippen molar-refractivity contribution in [3.63, 3.8) is 0 Å². The third-order valence-electron chi connectivity index (χ3n) is 3.94. The van der Waals surface area contributed by atoms with Gasteiger partial charge >= 0.3 is 5.97 Å². The summed E-state index contributed by atoms with van der Waals surface area (Å²) in [5.74, 6) is -0.795. The molecule has 1 aliphatic rings. The largest absolute Gasteiger partial charge is 0.465 e. The van der Waals surface area contributed by atoms with Crippen molar-refractivity contribution in [3.8, 4) is 0 Å². The van der Waals surface area contributed by atoms with E-state index in [1.165, 1.54) is 19.2 Å². The Hall–Kier alpha value is -2.09. The molecule has 1 aromatic carbocycles. The second-order valence-electron chi connectivity index (χ2n) is 5.75. The molecule has 0 atom stereocenters. The Bertz CT molecular complexity index is 711. The van der Waals surface area contributed by atoms with Gasteiger partial charge in [-0.1, -0.05) is 6.07 Å². The van der Waals surface area contributed by atoms with Crippen LogP contribution in [0.3, 0.4) is 0 Å². The SMILES string of the molecule is COC(=O)c1cccc(N(CC(=O)N2CCCCC2)S(C)(=O)=O)c1. The zero-order chi connectivity index (χ0) is 17.7. The van der Waals surface area contributed by atoms with E-state index in [1.54, 1.807) is 17.0 Å². The lowest BCUT2D eigenvalue weighted by Crippen LogP contribution is -2.44. The second kappa shape index (κ2) is 7.65. The molecule has 1 aromatic rings. The molecule has 0 radical (unpaired) electrons. The van der Waals surface area contributed by atoms with Crippen molar-refractivity contribution in [3.05, 3.63) is 29.8 Å². The minimum absolute atomic E-state index is 0.231. The van der Waals surface area contributed by atoms with Gasteiger partial charge in [0.25, 0.3) is 0 Å². The van der Waals surface area contributed by atoms with Gasteiger partial charge in [-0.15, -0.1) is 0 Å². The van der Waals surface area contributed by atoms with Gasteiger partial charge in [0.2, 0.25) is 15.9 Å². The molecule has 0 saturated carbocycles. The fourth-order valence-corrected chi connectivity index (χ4v) is 3.51. The van der Waals surface area contributed by atoms with E-state index in [0.717, 1.165) is 29.8 Å². The molecule has 0 aliphatic carbocycles. The van der Waals surface area contributed by atoms with Crippen LogP contribution in [-0.2, 0) is 19.6 Å². The van der Waals surface area contributed by atoms with Crippen LogP contribution >= 0.6 is 0 Å². The molecule has 1 aliphatic heterocycles. The molecule has 1 saturated heterocycles. The maximum absolute atomic E-state index is 12.4. The fourth-order valence-electron chi connectivity index (χ4n) is 2.67. The zero-order valence-corrected chi connectivity index (χ0v) is 14.7. The van der Waals surface area contributed by atoms with E-state index in [0.29, 0.717) is 13.1 Å². The molecule has 0 spiro atoms. The van der Waals surface area contributed by atoms with E-state index in [4.69, 9.17) is 0 Å². The quantitative estimate of drug-likeness (QED) is 0.743. The van der Waals surface area contributed by atoms with Gasteiger partial charge < -0.3 is 9.64 Å². The average molecular weight is 354 g/mol. The van der Waals surface area contributed by atoms with Crippen molar-refractivity contribution in [2.24, 2.45) is 0 Å². The maximum atomic E-state index is 12.4. The lowest BCUT2D eigenvalue weighted by molar-refractivity contribution is -0.130. The molecule has 0 unspecified atom stereocenters. The highest BCUT2D eigenvalue weighted by atomic mass is 32.2. The predicted molar refractivity (Wildman–Crippen MR) is 90.4 cm³/mol. The minimum atomic E-state index is -3.67. The topological polar surface area (TPSA) is 84.0 Å². The normalized spacial score (nSPS) is 15.0. The molecule has 7 nitrogen and oxygen atoms in total. The second-order valence-corrected chi connectivity index (χ2v) is 7.66. The first-order valence-electron chi connectivity index (χ1n) is 7.77. The molecule has 1 heterocycles. The van der Waals surface area contributed by atoms with Gasteiger partial charge in [0.1, 0.15) is 6.54 Å². The van der Waals surface area contributed by atoms with Crippen molar-refractivity contribution < 1.29 is 22.7 Å². The Morgan fingerprint density at radius 1 is 1.21 bits per heavy atom. The molecule has 0 bridgehead atoms. The van der Waals surface area contributed by atoms with Gasteiger partial charge in [-0.2, -0.15) is 0 Å². The highest BCUT2D eigenvalue weighted by molar-refractivity contribution is 7.92. The Labute approximate surface area is 142 Å². The van der Waals surface area contributed by atoms with Crippen LogP contribution in [0, 0.1) is 0 Å². The van der Waals surface area contributed by atoms with E-state index >= 15 is 0 Å². The minimum Gasteiger partial charge on any atom is -0.465 e. The number of piperidine rings is 1. The standard InChI is InChI=1S/C16H22N2O5S/c1-23-16(20)13-7-6-8-14(11-13)18(24(2,21)22)12-15(19)17-9-4-3-5-10-17/h6-8,11H,3-5,9-10,12H2,1-2H3. The molecule has 8 heteroatoms. The summed E-state index contributed by atoms with van der Waals surface area (Å²) in [6.45, 7) is 1.03. The van der Waals surface area contributed by atoms with E-state index in [2.05, 4.69) is 4.74 Å². The number of anilines is 1. The van der Waals surface area contributed by atoms with Gasteiger partial charge in [-0.05, 0) is 37.5 Å². The Morgan fingerprint density at radius 3 is 2.46 bits per heavy atom. The number of benzene rings is 1. The summed E-state index contributed by atoms with van der Waals surface area (Å²) in [7, 11) is -2.41. The third kappa shape index (κ3) is 4.47. The number of carbonyl (C=O) groups is 2. The van der Waals surface area contributed by atoms with Crippen molar-refractivity contribution >= 4 is 27.6 Å². The van der Waals surface area contributed by atoms with E-state index in [-0.39, 0.29) is 23.7 Å². The van der Waals surface area contributed by atoms with Crippen LogP contribution in [0.25, 0.3) is 0 Å². The summed E-state index contributed by atoms with van der Waals surface area (Å²) in [5.41, 5.74) is 0.500. The number of methoxy groups -OCH3 is 1. The van der Waals surface area contributed by atoms with Crippen molar-refractivity contribution in [2.45, 2.75) is 19.3 Å². The molecule has 1 fully saturated rings. The summed E-state index contributed by atoms with van der Waals surface area (Å²) in [5, 5.41) is 0. The molecule has 2 rings (SSSR count). The highest BCUT2D eigenvalue weighted by Crippen LogP contribution is 2.20. The molecule has 0 aromatic heterocycles. The fraction of sp³-hybridized carbons (Fsp3) is 0.500. The van der Waals surface area contributed by atoms with Gasteiger partial charge in [0, 0.05) is 13.1 Å². The molecule has 132 valence electrons. The van der Waals surface area contributed by atoms with Gasteiger partial charge in [-0.25, -0.2) is 13.2 Å². The summed E-state index contributed by atoms with van der Waals surface area (Å²) in [4.78, 5) is 25.8. The van der Waals surface area contributed by atoms with E-state index < -0.39 is 16.0 Å². The first-order valence-corrected chi connectivity index (χ1v) is 9.61. The maximum Gasteiger partial charge on any atom is 0.337 e. The molecular weight excluding hydrogens is 332 g/mol. The van der Waals surface area contributed by atoms with Gasteiger partial charge in [-0.3, -0.25) is 9.10 Å². The molecule has 1 amide bonds. The number of nitrogens with zero attached hydrogens (tertiary/aromatic N) is 2. The number of sulfonamides is 1. The van der Waals surface area contributed by atoms with E-state index in [1.807, 2.05) is 0 Å². The average Bonchev–Trinajstić information content (AvgIpc) is 2.58. The van der Waals surface area contributed by atoms with Crippen LogP contribution in [0.4, 0.5) is 5.69 Å². The van der Waals surface area contributed by atoms with Crippen LogP contribution in [0.1, 0.15) is 29.6 Å². The first kappa shape index (κ1) is 18.3. The number of hydrogen-bond acceptors (Lipinski definition) is 5. The summed E-state index contributed by atoms with van der Waals surface area (Å²) >= 11 is 0. The van der Waals surface area contributed by atoms with Crippen molar-refractivity contribution in [2.75, 3.05) is 37.3 Å². The third-order valence-corrected chi connectivity index (χ3v) is 5.08. The van der Waals surface area contributed by atoms with Crippen LogP contribution < -0.4 is 4.31 Å². The Kier molecular flexibility index (Phi) is 5.82. The number of ether oxygens (including phenoxy) is 1. The van der Waals surface area contributed by atoms with Crippen molar-refractivity contribution in [1.29, 1.82) is 0 Å². The number of rotatable bonds is 5. The van der Waals surface area contributed by atoms with Crippen LogP contribution in [-0.4, -0.2) is 58.2 Å². The number of esters is 1. The summed E-state index contributed by atoms with van der Waals surface area (Å²) < 4.78 is 30.0. The Balaban J connectivity index is 2.26. The summed E-state index contributed by atoms with van der Waals surface area (Å²) in [6.07, 6.45) is 3.99. The highest BCUT2D eigenvalue weighted by Gasteiger charge is 2.25. The van der Waals surface area contributed by atoms with Crippen LogP contribution in [0.2, 0.25) is 0 Å². The van der Waals surface area contributed by atoms with Gasteiger partial charge in [0.05, 0.1) is 24.6 Å². The van der Waals surface area contributed by atoms with E-state index in [9.17, 15) is 18.0 Å². The monoisotopic (exact) mass is 354 g/mol. The first-order chi connectivity index (χ1) is 11.3. The van der Waals surface area contributed by atoms with Gasteiger partial charge in [0.15, 0.2) is 0 Å². The molecule has 24 heavy (non-hydrogen) atoms. The lowest BCUT2D eigenvalue weighted by atomic mass is 10.1. The number of likely N-dealkylation sites (tertiary alicyclic amines) is 1. The summed E-state index contributed by atoms with van der Waals surface area (Å²) in [6, 6.07) is 6.06. The lowest BCUT2D eigenvalue weighted by Gasteiger charge is -2.30. The molecular formula is C16H22N2O5S. The zero-order valence-electron chi connectivity index (χ0n) is 13.9. The van der Waals surface area contributed by atoms with Crippen LogP contribution in [0.15, 0.2) is 24.3 Å².